The molecule has 0 spiro atoms. The molecule has 66 valence electrons. The van der Waals surface area contributed by atoms with Crippen molar-refractivity contribution in [3.8, 4) is 0 Å². The van der Waals surface area contributed by atoms with E-state index < -0.39 is 0 Å². The first kappa shape index (κ1) is 9.16. The maximum absolute atomic E-state index is 5.30. The van der Waals surface area contributed by atoms with Crippen molar-refractivity contribution in [1.29, 1.82) is 0 Å². The predicted octanol–water partition coefficient (Wildman–Crippen LogP) is 1.29. The van der Waals surface area contributed by atoms with Crippen LogP contribution in [0.5, 0.6) is 0 Å². The number of nitrogens with zero attached hydrogens (tertiary/aromatic N) is 2. The van der Waals surface area contributed by atoms with Crippen LogP contribution in [-0.4, -0.2) is 31.1 Å². The van der Waals surface area contributed by atoms with E-state index in [9.17, 15) is 0 Å². The third-order valence-electron chi connectivity index (χ3n) is 1.68. The van der Waals surface area contributed by atoms with Crippen molar-refractivity contribution in [3.05, 3.63) is 30.1 Å². The van der Waals surface area contributed by atoms with Gasteiger partial charge in [-0.3, -0.25) is 9.88 Å². The second-order valence-corrected chi connectivity index (χ2v) is 2.83. The summed E-state index contributed by atoms with van der Waals surface area (Å²) in [6.07, 6.45) is 3.56. The lowest BCUT2D eigenvalue weighted by Gasteiger charge is -2.22. The first-order valence-electron chi connectivity index (χ1n) is 3.85. The molecule has 0 bridgehead atoms. The Hall–Kier alpha value is -0.930. The molecule has 12 heavy (non-hydrogen) atoms. The molecule has 0 radical (unpaired) electrons. The zero-order valence-corrected chi connectivity index (χ0v) is 7.69. The minimum absolute atomic E-state index is 0.0213. The monoisotopic (exact) mass is 166 g/mol. The van der Waals surface area contributed by atoms with E-state index in [1.54, 1.807) is 19.5 Å². The number of pyridine rings is 1. The fraction of sp³-hybridized carbons (Fsp3) is 0.444. The van der Waals surface area contributed by atoms with Gasteiger partial charge in [-0.15, -0.1) is 0 Å². The Morgan fingerprint density at radius 1 is 1.33 bits per heavy atom. The highest BCUT2D eigenvalue weighted by atomic mass is 16.5. The molecular formula is C9H14N2O. The van der Waals surface area contributed by atoms with Gasteiger partial charge in [0.05, 0.1) is 0 Å². The van der Waals surface area contributed by atoms with Crippen LogP contribution in [0.25, 0.3) is 0 Å². The molecule has 1 heterocycles. The van der Waals surface area contributed by atoms with Crippen LogP contribution in [0.1, 0.15) is 11.8 Å². The summed E-state index contributed by atoms with van der Waals surface area (Å²) < 4.78 is 5.30. The van der Waals surface area contributed by atoms with Gasteiger partial charge < -0.3 is 4.74 Å². The summed E-state index contributed by atoms with van der Waals surface area (Å²) in [7, 11) is 5.66. The van der Waals surface area contributed by atoms with Crippen LogP contribution in [0.15, 0.2) is 24.5 Å². The van der Waals surface area contributed by atoms with Crippen molar-refractivity contribution in [2.75, 3.05) is 21.2 Å². The normalized spacial score (nSPS) is 13.3. The van der Waals surface area contributed by atoms with Gasteiger partial charge >= 0.3 is 0 Å². The van der Waals surface area contributed by atoms with Crippen molar-refractivity contribution in [1.82, 2.24) is 9.88 Å². The van der Waals surface area contributed by atoms with Gasteiger partial charge in [0.2, 0.25) is 0 Å². The smallest absolute Gasteiger partial charge is 0.136 e. The van der Waals surface area contributed by atoms with Crippen molar-refractivity contribution < 1.29 is 4.74 Å². The van der Waals surface area contributed by atoms with E-state index in [0.717, 1.165) is 5.56 Å². The molecule has 1 unspecified atom stereocenters. The summed E-state index contributed by atoms with van der Waals surface area (Å²) in [5, 5.41) is 0. The third kappa shape index (κ3) is 2.03. The predicted molar refractivity (Wildman–Crippen MR) is 47.7 cm³/mol. The van der Waals surface area contributed by atoms with Crippen LogP contribution in [0, 0.1) is 0 Å². The SMILES string of the molecule is COC(c1ccncc1)N(C)C. The molecule has 0 N–H and O–H groups in total. The van der Waals surface area contributed by atoms with Gasteiger partial charge in [-0.25, -0.2) is 0 Å². The summed E-state index contributed by atoms with van der Waals surface area (Å²) in [4.78, 5) is 5.96. The fourth-order valence-electron chi connectivity index (χ4n) is 1.17. The lowest BCUT2D eigenvalue weighted by atomic mass is 10.2. The second-order valence-electron chi connectivity index (χ2n) is 2.83. The van der Waals surface area contributed by atoms with E-state index in [4.69, 9.17) is 4.74 Å². The summed E-state index contributed by atoms with van der Waals surface area (Å²) in [6.45, 7) is 0. The molecule has 0 amide bonds. The summed E-state index contributed by atoms with van der Waals surface area (Å²) in [5.74, 6) is 0. The molecule has 0 saturated heterocycles. The van der Waals surface area contributed by atoms with Crippen molar-refractivity contribution >= 4 is 0 Å². The number of hydrogen-bond donors (Lipinski definition) is 0. The topological polar surface area (TPSA) is 25.4 Å². The summed E-state index contributed by atoms with van der Waals surface area (Å²) >= 11 is 0. The zero-order chi connectivity index (χ0) is 8.97. The van der Waals surface area contributed by atoms with Crippen molar-refractivity contribution in [3.63, 3.8) is 0 Å². The summed E-state index contributed by atoms with van der Waals surface area (Å²) in [6, 6.07) is 3.91. The van der Waals surface area contributed by atoms with Gasteiger partial charge in [0.25, 0.3) is 0 Å². The van der Waals surface area contributed by atoms with Crippen molar-refractivity contribution in [2.45, 2.75) is 6.23 Å². The fourth-order valence-corrected chi connectivity index (χ4v) is 1.17. The molecule has 0 aliphatic rings. The van der Waals surface area contributed by atoms with Crippen LogP contribution >= 0.6 is 0 Å². The number of ether oxygens (including phenoxy) is 1. The number of hydrogen-bond acceptors (Lipinski definition) is 3. The van der Waals surface area contributed by atoms with Crippen LogP contribution in [0.3, 0.4) is 0 Å². The van der Waals surface area contributed by atoms with Gasteiger partial charge in [-0.1, -0.05) is 0 Å². The Bertz CT molecular complexity index is 223. The average Bonchev–Trinajstić information content (AvgIpc) is 2.07. The average molecular weight is 166 g/mol. The Morgan fingerprint density at radius 2 is 1.92 bits per heavy atom. The van der Waals surface area contributed by atoms with Crippen LogP contribution in [-0.2, 0) is 4.74 Å². The van der Waals surface area contributed by atoms with E-state index in [0.29, 0.717) is 0 Å². The number of aromatic nitrogens is 1. The molecule has 3 nitrogen and oxygen atoms in total. The van der Waals surface area contributed by atoms with Crippen LogP contribution in [0.4, 0.5) is 0 Å². The Labute approximate surface area is 73.0 Å². The maximum atomic E-state index is 5.30. The highest BCUT2D eigenvalue weighted by Gasteiger charge is 2.11. The van der Waals surface area contributed by atoms with E-state index in [1.807, 2.05) is 31.1 Å². The second kappa shape index (κ2) is 4.18. The molecule has 1 rings (SSSR count). The molecule has 3 heteroatoms. The van der Waals surface area contributed by atoms with Gasteiger partial charge in [-0.2, -0.15) is 0 Å². The molecule has 0 aromatic carbocycles. The van der Waals surface area contributed by atoms with Crippen LogP contribution < -0.4 is 0 Å². The molecule has 0 saturated carbocycles. The van der Waals surface area contributed by atoms with E-state index in [2.05, 4.69) is 4.98 Å². The number of rotatable bonds is 3. The van der Waals surface area contributed by atoms with Crippen LogP contribution in [0.2, 0.25) is 0 Å². The Kier molecular flexibility index (Phi) is 3.19. The molecule has 0 fully saturated rings. The van der Waals surface area contributed by atoms with Gasteiger partial charge in [-0.05, 0) is 31.8 Å². The zero-order valence-electron chi connectivity index (χ0n) is 7.69. The molecular weight excluding hydrogens is 152 g/mol. The lowest BCUT2D eigenvalue weighted by molar-refractivity contribution is -0.00545. The maximum Gasteiger partial charge on any atom is 0.136 e. The van der Waals surface area contributed by atoms with Gasteiger partial charge in [0.15, 0.2) is 0 Å². The van der Waals surface area contributed by atoms with E-state index in [1.165, 1.54) is 0 Å². The molecule has 1 aromatic rings. The minimum Gasteiger partial charge on any atom is -0.362 e. The standard InChI is InChI=1S/C9H14N2O/c1-11(2)9(12-3)8-4-6-10-7-5-8/h4-7,9H,1-3H3. The minimum atomic E-state index is 0.0213. The van der Waals surface area contributed by atoms with Gasteiger partial charge in [0.1, 0.15) is 6.23 Å². The first-order chi connectivity index (χ1) is 5.75. The molecule has 1 atom stereocenters. The van der Waals surface area contributed by atoms with E-state index >= 15 is 0 Å². The molecule has 0 aliphatic heterocycles. The Morgan fingerprint density at radius 3 is 2.33 bits per heavy atom. The third-order valence-corrected chi connectivity index (χ3v) is 1.68. The Balaban J connectivity index is 2.80. The number of methoxy groups -OCH3 is 1. The molecule has 0 aliphatic carbocycles. The first-order valence-corrected chi connectivity index (χ1v) is 3.85. The lowest BCUT2D eigenvalue weighted by Crippen LogP contribution is -2.21. The van der Waals surface area contributed by atoms with Crippen molar-refractivity contribution in [2.24, 2.45) is 0 Å². The van der Waals surface area contributed by atoms with Gasteiger partial charge in [0, 0.05) is 19.5 Å². The largest absolute Gasteiger partial charge is 0.362 e. The van der Waals surface area contributed by atoms with E-state index in [-0.39, 0.29) is 6.23 Å². The highest BCUT2D eigenvalue weighted by molar-refractivity contribution is 5.12. The highest BCUT2D eigenvalue weighted by Crippen LogP contribution is 2.16. The quantitative estimate of drug-likeness (QED) is 0.633. The summed E-state index contributed by atoms with van der Waals surface area (Å²) in [5.41, 5.74) is 1.12. The molecule has 1 aromatic heterocycles.